The van der Waals surface area contributed by atoms with Gasteiger partial charge in [-0.2, -0.15) is 0 Å². The summed E-state index contributed by atoms with van der Waals surface area (Å²) in [6, 6.07) is 14.8. The number of aryl methyl sites for hydroxylation is 3. The Labute approximate surface area is 189 Å². The topological polar surface area (TPSA) is 79.4 Å². The summed E-state index contributed by atoms with van der Waals surface area (Å²) in [7, 11) is -3.56. The van der Waals surface area contributed by atoms with Crippen LogP contribution in [-0.2, 0) is 10.0 Å². The number of fused-ring (bicyclic) bond motifs is 1. The van der Waals surface area contributed by atoms with E-state index >= 15 is 0 Å². The Balaban J connectivity index is 1.45. The Morgan fingerprint density at radius 3 is 2.53 bits per heavy atom. The molecule has 32 heavy (non-hydrogen) atoms. The summed E-state index contributed by atoms with van der Waals surface area (Å²) in [5.74, 6) is 0.0351. The Kier molecular flexibility index (Phi) is 6.31. The first-order valence-corrected chi connectivity index (χ1v) is 12.4. The van der Waals surface area contributed by atoms with Gasteiger partial charge in [0.15, 0.2) is 0 Å². The van der Waals surface area contributed by atoms with Crippen molar-refractivity contribution in [3.63, 3.8) is 0 Å². The third-order valence-corrected chi connectivity index (χ3v) is 7.53. The molecule has 1 saturated heterocycles. The summed E-state index contributed by atoms with van der Waals surface area (Å²) in [4.78, 5) is 20.0. The van der Waals surface area contributed by atoms with Crippen molar-refractivity contribution in [2.75, 3.05) is 19.6 Å². The Bertz CT molecular complexity index is 1250. The molecule has 6 nitrogen and oxygen atoms in total. The lowest BCUT2D eigenvalue weighted by Gasteiger charge is -2.33. The first-order valence-electron chi connectivity index (χ1n) is 11.0. The summed E-state index contributed by atoms with van der Waals surface area (Å²) in [5.41, 5.74) is 4.37. The molecule has 2 aromatic carbocycles. The van der Waals surface area contributed by atoms with Crippen LogP contribution in [0.1, 0.15) is 40.0 Å². The number of likely N-dealkylation sites (tertiary alicyclic amines) is 1. The summed E-state index contributed by atoms with van der Waals surface area (Å²) in [5, 5.41) is 0.948. The summed E-state index contributed by atoms with van der Waals surface area (Å²) < 4.78 is 28.0. The SMILES string of the molecule is Cc1ccc(S(=O)(=O)NC[C@@H]2CCCN(C(=O)c3cc4ccc(C)cc4nc3C)C2)cc1. The zero-order valence-electron chi connectivity index (χ0n) is 18.8. The molecule has 0 unspecified atom stereocenters. The number of aromatic nitrogens is 1. The monoisotopic (exact) mass is 451 g/mol. The first-order chi connectivity index (χ1) is 15.2. The van der Waals surface area contributed by atoms with Gasteiger partial charge in [0, 0.05) is 25.0 Å². The molecule has 7 heteroatoms. The van der Waals surface area contributed by atoms with E-state index in [0.29, 0.717) is 25.2 Å². The Morgan fingerprint density at radius 2 is 1.78 bits per heavy atom. The average molecular weight is 452 g/mol. The average Bonchev–Trinajstić information content (AvgIpc) is 2.77. The molecule has 0 bridgehead atoms. The van der Waals surface area contributed by atoms with E-state index in [9.17, 15) is 13.2 Å². The molecular formula is C25H29N3O3S. The summed E-state index contributed by atoms with van der Waals surface area (Å²) >= 11 is 0. The maximum Gasteiger partial charge on any atom is 0.255 e. The maximum absolute atomic E-state index is 13.3. The molecular weight excluding hydrogens is 422 g/mol. The molecule has 1 atom stereocenters. The van der Waals surface area contributed by atoms with Crippen LogP contribution in [0.25, 0.3) is 10.9 Å². The van der Waals surface area contributed by atoms with E-state index in [2.05, 4.69) is 9.71 Å². The summed E-state index contributed by atoms with van der Waals surface area (Å²) in [6.45, 7) is 7.33. The second kappa shape index (κ2) is 9.00. The molecule has 0 spiro atoms. The number of amides is 1. The van der Waals surface area contributed by atoms with Gasteiger partial charge < -0.3 is 4.90 Å². The van der Waals surface area contributed by atoms with E-state index in [4.69, 9.17) is 0 Å². The van der Waals surface area contributed by atoms with E-state index < -0.39 is 10.0 Å². The number of hydrogen-bond donors (Lipinski definition) is 1. The fourth-order valence-corrected chi connectivity index (χ4v) is 5.32. The third-order valence-electron chi connectivity index (χ3n) is 6.09. The van der Waals surface area contributed by atoms with Crippen LogP contribution in [0.5, 0.6) is 0 Å². The van der Waals surface area contributed by atoms with Crippen LogP contribution in [0.3, 0.4) is 0 Å². The highest BCUT2D eigenvalue weighted by Gasteiger charge is 2.27. The van der Waals surface area contributed by atoms with Crippen molar-refractivity contribution >= 4 is 26.8 Å². The second-order valence-corrected chi connectivity index (χ2v) is 10.5. The largest absolute Gasteiger partial charge is 0.338 e. The fraction of sp³-hybridized carbons (Fsp3) is 0.360. The van der Waals surface area contributed by atoms with Gasteiger partial charge in [-0.25, -0.2) is 13.1 Å². The zero-order chi connectivity index (χ0) is 22.9. The maximum atomic E-state index is 13.3. The minimum absolute atomic E-state index is 0.0384. The number of piperidine rings is 1. The molecule has 0 radical (unpaired) electrons. The van der Waals surface area contributed by atoms with Gasteiger partial charge in [-0.1, -0.05) is 29.8 Å². The normalized spacial score (nSPS) is 17.0. The van der Waals surface area contributed by atoms with E-state index in [1.807, 2.05) is 49.9 Å². The number of sulfonamides is 1. The molecule has 1 aliphatic heterocycles. The smallest absolute Gasteiger partial charge is 0.255 e. The lowest BCUT2D eigenvalue weighted by Crippen LogP contribution is -2.44. The third kappa shape index (κ3) is 4.84. The van der Waals surface area contributed by atoms with Crippen molar-refractivity contribution < 1.29 is 13.2 Å². The second-order valence-electron chi connectivity index (χ2n) is 8.74. The standard InChI is InChI=1S/C25H29N3O3S/c1-17-7-10-22(11-8-17)32(30,31)26-15-20-5-4-12-28(16-20)25(29)23-14-21-9-6-18(2)13-24(21)27-19(23)3/h6-11,13-14,20,26H,4-5,12,15-16H2,1-3H3/t20-/m0/s1. The highest BCUT2D eigenvalue weighted by atomic mass is 32.2. The van der Waals surface area contributed by atoms with E-state index in [-0.39, 0.29) is 16.7 Å². The number of pyridine rings is 1. The van der Waals surface area contributed by atoms with Crippen molar-refractivity contribution in [2.45, 2.75) is 38.5 Å². The number of rotatable bonds is 5. The van der Waals surface area contributed by atoms with Crippen LogP contribution in [0.15, 0.2) is 53.4 Å². The van der Waals surface area contributed by atoms with E-state index in [0.717, 1.165) is 40.6 Å². The van der Waals surface area contributed by atoms with Crippen molar-refractivity contribution in [3.05, 3.63) is 70.9 Å². The molecule has 0 saturated carbocycles. The molecule has 2 heterocycles. The van der Waals surface area contributed by atoms with Crippen molar-refractivity contribution in [2.24, 2.45) is 5.92 Å². The molecule has 0 aliphatic carbocycles. The van der Waals surface area contributed by atoms with Crippen molar-refractivity contribution in [1.82, 2.24) is 14.6 Å². The summed E-state index contributed by atoms with van der Waals surface area (Å²) in [6.07, 6.45) is 1.73. The molecule has 1 amide bonds. The van der Waals surface area contributed by atoms with Gasteiger partial charge in [0.2, 0.25) is 10.0 Å². The van der Waals surface area contributed by atoms with Gasteiger partial charge in [-0.15, -0.1) is 0 Å². The molecule has 4 rings (SSSR count). The van der Waals surface area contributed by atoms with Crippen LogP contribution < -0.4 is 4.72 Å². The van der Waals surface area contributed by atoms with E-state index in [1.165, 1.54) is 0 Å². The van der Waals surface area contributed by atoms with Gasteiger partial charge in [0.1, 0.15) is 0 Å². The van der Waals surface area contributed by atoms with Gasteiger partial charge in [0.25, 0.3) is 5.91 Å². The Hall–Kier alpha value is -2.77. The highest BCUT2D eigenvalue weighted by Crippen LogP contribution is 2.23. The first kappa shape index (κ1) is 22.4. The molecule has 1 aromatic heterocycles. The number of benzene rings is 2. The predicted octanol–water partition coefficient (Wildman–Crippen LogP) is 3.99. The molecule has 3 aromatic rings. The number of hydrogen-bond acceptors (Lipinski definition) is 4. The van der Waals surface area contributed by atoms with E-state index in [1.54, 1.807) is 24.3 Å². The molecule has 1 fully saturated rings. The minimum Gasteiger partial charge on any atom is -0.338 e. The quantitative estimate of drug-likeness (QED) is 0.636. The van der Waals surface area contributed by atoms with Crippen LogP contribution in [0.4, 0.5) is 0 Å². The van der Waals surface area contributed by atoms with Crippen LogP contribution in [0, 0.1) is 26.7 Å². The van der Waals surface area contributed by atoms with Gasteiger partial charge in [-0.3, -0.25) is 9.78 Å². The van der Waals surface area contributed by atoms with Gasteiger partial charge >= 0.3 is 0 Å². The van der Waals surface area contributed by atoms with Crippen LogP contribution in [-0.4, -0.2) is 43.8 Å². The van der Waals surface area contributed by atoms with Gasteiger partial charge in [-0.05, 0) is 69.4 Å². The molecule has 1 N–H and O–H groups in total. The lowest BCUT2D eigenvalue weighted by molar-refractivity contribution is 0.0675. The lowest BCUT2D eigenvalue weighted by atomic mass is 9.97. The van der Waals surface area contributed by atoms with Crippen LogP contribution >= 0.6 is 0 Å². The highest BCUT2D eigenvalue weighted by molar-refractivity contribution is 7.89. The zero-order valence-corrected chi connectivity index (χ0v) is 19.6. The fourth-order valence-electron chi connectivity index (χ4n) is 4.20. The Morgan fingerprint density at radius 1 is 1.06 bits per heavy atom. The minimum atomic E-state index is -3.56. The predicted molar refractivity (Wildman–Crippen MR) is 126 cm³/mol. The van der Waals surface area contributed by atoms with Crippen molar-refractivity contribution in [3.8, 4) is 0 Å². The number of carbonyl (C=O) groups is 1. The molecule has 1 aliphatic rings. The molecule has 168 valence electrons. The van der Waals surface area contributed by atoms with Crippen molar-refractivity contribution in [1.29, 1.82) is 0 Å². The van der Waals surface area contributed by atoms with Crippen LogP contribution in [0.2, 0.25) is 0 Å². The van der Waals surface area contributed by atoms with Gasteiger partial charge in [0.05, 0.1) is 21.7 Å². The number of nitrogens with one attached hydrogen (secondary N) is 1. The number of carbonyl (C=O) groups excluding carboxylic acids is 1. The number of nitrogens with zero attached hydrogens (tertiary/aromatic N) is 2.